The molecule has 1 saturated heterocycles. The highest BCUT2D eigenvalue weighted by Crippen LogP contribution is 2.44. The molecule has 2 aromatic rings. The number of methoxy groups -OCH3 is 1. The van der Waals surface area contributed by atoms with Crippen LogP contribution in [0.15, 0.2) is 24.5 Å². The Balaban J connectivity index is 1.56. The lowest BCUT2D eigenvalue weighted by molar-refractivity contribution is 0.0501. The van der Waals surface area contributed by atoms with Crippen LogP contribution < -0.4 is 14.2 Å². The molecule has 1 aromatic heterocycles. The predicted molar refractivity (Wildman–Crippen MR) is 88.5 cm³/mol. The maximum atomic E-state index is 5.58. The monoisotopic (exact) mass is 330 g/mol. The van der Waals surface area contributed by atoms with Crippen LogP contribution in [-0.4, -0.2) is 36.7 Å². The van der Waals surface area contributed by atoms with Crippen molar-refractivity contribution in [2.24, 2.45) is 5.92 Å². The fourth-order valence-corrected chi connectivity index (χ4v) is 3.37. The van der Waals surface area contributed by atoms with Gasteiger partial charge in [-0.05, 0) is 37.3 Å². The Morgan fingerprint density at radius 3 is 3.12 bits per heavy atom. The molecule has 4 rings (SSSR count). The van der Waals surface area contributed by atoms with Crippen LogP contribution >= 0.6 is 0 Å². The second-order valence-electron chi connectivity index (χ2n) is 6.23. The number of rotatable bonds is 5. The molecule has 0 amide bonds. The predicted octanol–water partition coefficient (Wildman–Crippen LogP) is 3.10. The summed E-state index contributed by atoms with van der Waals surface area (Å²) in [5.41, 5.74) is 0.973. The second kappa shape index (κ2) is 6.73. The summed E-state index contributed by atoms with van der Waals surface area (Å²) in [6.07, 6.45) is 7.38. The van der Waals surface area contributed by atoms with Crippen molar-refractivity contribution in [2.45, 2.75) is 25.8 Å². The number of imidazole rings is 1. The summed E-state index contributed by atoms with van der Waals surface area (Å²) < 4.78 is 24.2. The van der Waals surface area contributed by atoms with Gasteiger partial charge in [-0.2, -0.15) is 0 Å². The van der Waals surface area contributed by atoms with E-state index in [1.54, 1.807) is 7.11 Å². The zero-order valence-electron chi connectivity index (χ0n) is 13.9. The first kappa shape index (κ1) is 15.3. The third kappa shape index (κ3) is 2.94. The first-order chi connectivity index (χ1) is 11.8. The van der Waals surface area contributed by atoms with Gasteiger partial charge in [0, 0.05) is 37.7 Å². The minimum absolute atomic E-state index is 0.227. The molecule has 0 radical (unpaired) electrons. The van der Waals surface area contributed by atoms with Gasteiger partial charge in [-0.1, -0.05) is 0 Å². The number of fused-ring (bicyclic) bond motifs is 1. The van der Waals surface area contributed by atoms with Gasteiger partial charge in [-0.15, -0.1) is 0 Å². The molecule has 1 unspecified atom stereocenters. The molecule has 2 aliphatic rings. The lowest BCUT2D eigenvalue weighted by atomic mass is 9.98. The van der Waals surface area contributed by atoms with Gasteiger partial charge in [0.2, 0.25) is 12.5 Å². The summed E-state index contributed by atoms with van der Waals surface area (Å²) in [6.45, 7) is 2.94. The van der Waals surface area contributed by atoms with Gasteiger partial charge in [0.25, 0.3) is 0 Å². The van der Waals surface area contributed by atoms with Crippen molar-refractivity contribution < 1.29 is 18.9 Å². The van der Waals surface area contributed by atoms with Crippen LogP contribution in [0.5, 0.6) is 17.2 Å². The van der Waals surface area contributed by atoms with Crippen molar-refractivity contribution in [1.82, 2.24) is 9.55 Å². The zero-order chi connectivity index (χ0) is 16.4. The van der Waals surface area contributed by atoms with Crippen molar-refractivity contribution >= 4 is 0 Å². The van der Waals surface area contributed by atoms with Crippen LogP contribution in [0.4, 0.5) is 0 Å². The van der Waals surface area contributed by atoms with Gasteiger partial charge < -0.3 is 23.5 Å². The molecule has 2 aliphatic heterocycles. The minimum Gasteiger partial charge on any atom is -0.493 e. The molecule has 128 valence electrons. The molecule has 0 spiro atoms. The molecule has 6 heteroatoms. The lowest BCUT2D eigenvalue weighted by Gasteiger charge is -2.22. The van der Waals surface area contributed by atoms with Crippen LogP contribution in [0.2, 0.25) is 0 Å². The van der Waals surface area contributed by atoms with Crippen molar-refractivity contribution in [2.75, 3.05) is 27.1 Å². The van der Waals surface area contributed by atoms with E-state index in [0.717, 1.165) is 37.6 Å². The van der Waals surface area contributed by atoms with Gasteiger partial charge in [0.15, 0.2) is 11.5 Å². The standard InChI is InChI=1S/C18H22N2O4/c1-21-15-9-14(10-16-17(15)24-12-23-16)18-19-5-7-20(18)6-4-13-3-2-8-22-11-13/h5,7,9-10,13H,2-4,6,8,11-12H2,1H3. The van der Waals surface area contributed by atoms with Gasteiger partial charge in [0.05, 0.1) is 7.11 Å². The number of hydrogen-bond acceptors (Lipinski definition) is 5. The van der Waals surface area contributed by atoms with E-state index in [1.165, 1.54) is 12.8 Å². The van der Waals surface area contributed by atoms with Crippen LogP contribution in [0.3, 0.4) is 0 Å². The Labute approximate surface area is 141 Å². The molecule has 0 N–H and O–H groups in total. The van der Waals surface area contributed by atoms with E-state index in [2.05, 4.69) is 9.55 Å². The van der Waals surface area contributed by atoms with Crippen molar-refractivity contribution in [3.05, 3.63) is 24.5 Å². The van der Waals surface area contributed by atoms with Gasteiger partial charge in [-0.3, -0.25) is 0 Å². The van der Waals surface area contributed by atoms with E-state index in [-0.39, 0.29) is 6.79 Å². The normalized spacial score (nSPS) is 19.5. The zero-order valence-corrected chi connectivity index (χ0v) is 13.9. The van der Waals surface area contributed by atoms with E-state index in [9.17, 15) is 0 Å². The first-order valence-corrected chi connectivity index (χ1v) is 8.42. The molecule has 6 nitrogen and oxygen atoms in total. The Morgan fingerprint density at radius 2 is 2.29 bits per heavy atom. The van der Waals surface area contributed by atoms with Gasteiger partial charge >= 0.3 is 0 Å². The number of hydrogen-bond donors (Lipinski definition) is 0. The molecule has 24 heavy (non-hydrogen) atoms. The maximum Gasteiger partial charge on any atom is 0.231 e. The number of nitrogens with zero attached hydrogens (tertiary/aromatic N) is 2. The summed E-state index contributed by atoms with van der Waals surface area (Å²) in [5.74, 6) is 3.61. The fourth-order valence-electron chi connectivity index (χ4n) is 3.37. The average molecular weight is 330 g/mol. The maximum absolute atomic E-state index is 5.58. The van der Waals surface area contributed by atoms with Crippen molar-refractivity contribution in [1.29, 1.82) is 0 Å². The topological polar surface area (TPSA) is 54.7 Å². The number of aromatic nitrogens is 2. The lowest BCUT2D eigenvalue weighted by Crippen LogP contribution is -2.19. The van der Waals surface area contributed by atoms with E-state index in [1.807, 2.05) is 24.5 Å². The number of benzene rings is 1. The van der Waals surface area contributed by atoms with Crippen molar-refractivity contribution in [3.63, 3.8) is 0 Å². The molecular formula is C18H22N2O4. The quantitative estimate of drug-likeness (QED) is 0.843. The molecule has 0 bridgehead atoms. The largest absolute Gasteiger partial charge is 0.493 e. The third-order valence-corrected chi connectivity index (χ3v) is 4.66. The number of ether oxygens (including phenoxy) is 4. The molecule has 0 saturated carbocycles. The summed E-state index contributed by atoms with van der Waals surface area (Å²) in [7, 11) is 1.64. The Bertz CT molecular complexity index is 707. The molecular weight excluding hydrogens is 308 g/mol. The van der Waals surface area contributed by atoms with Crippen LogP contribution in [0.25, 0.3) is 11.4 Å². The fraction of sp³-hybridized carbons (Fsp3) is 0.500. The molecule has 1 fully saturated rings. The highest BCUT2D eigenvalue weighted by molar-refractivity contribution is 5.67. The highest BCUT2D eigenvalue weighted by Gasteiger charge is 2.22. The summed E-state index contributed by atoms with van der Waals surface area (Å²) in [6, 6.07) is 3.92. The summed E-state index contributed by atoms with van der Waals surface area (Å²) >= 11 is 0. The molecule has 1 aromatic carbocycles. The Kier molecular flexibility index (Phi) is 4.30. The molecule has 0 aliphatic carbocycles. The van der Waals surface area contributed by atoms with Crippen molar-refractivity contribution in [3.8, 4) is 28.6 Å². The molecule has 3 heterocycles. The first-order valence-electron chi connectivity index (χ1n) is 8.42. The minimum atomic E-state index is 0.227. The van der Waals surface area contributed by atoms with Crippen LogP contribution in [-0.2, 0) is 11.3 Å². The van der Waals surface area contributed by atoms with E-state index >= 15 is 0 Å². The highest BCUT2D eigenvalue weighted by atomic mass is 16.7. The molecule has 1 atom stereocenters. The van der Waals surface area contributed by atoms with Gasteiger partial charge in [0.1, 0.15) is 5.82 Å². The summed E-state index contributed by atoms with van der Waals surface area (Å²) in [5, 5.41) is 0. The van der Waals surface area contributed by atoms with E-state index in [0.29, 0.717) is 23.2 Å². The third-order valence-electron chi connectivity index (χ3n) is 4.66. The van der Waals surface area contributed by atoms with Crippen LogP contribution in [0.1, 0.15) is 19.3 Å². The summed E-state index contributed by atoms with van der Waals surface area (Å²) in [4.78, 5) is 4.53. The SMILES string of the molecule is COc1cc(-c2nccn2CCC2CCCOC2)cc2c1OCO2. The Hall–Kier alpha value is -2.21. The van der Waals surface area contributed by atoms with E-state index in [4.69, 9.17) is 18.9 Å². The van der Waals surface area contributed by atoms with Gasteiger partial charge in [-0.25, -0.2) is 4.98 Å². The smallest absolute Gasteiger partial charge is 0.231 e. The Morgan fingerprint density at radius 1 is 1.33 bits per heavy atom. The van der Waals surface area contributed by atoms with E-state index < -0.39 is 0 Å². The average Bonchev–Trinajstić information content (AvgIpc) is 3.28. The second-order valence-corrected chi connectivity index (χ2v) is 6.23. The van der Waals surface area contributed by atoms with Crippen LogP contribution in [0, 0.1) is 5.92 Å². The number of aryl methyl sites for hydroxylation is 1.